The van der Waals surface area contributed by atoms with Gasteiger partial charge in [-0.3, -0.25) is 10.0 Å². The topological polar surface area (TPSA) is 58.6 Å². The molecule has 28 heavy (non-hydrogen) atoms. The first kappa shape index (κ1) is 19.4. The molecule has 0 aromatic heterocycles. The van der Waals surface area contributed by atoms with E-state index in [2.05, 4.69) is 4.74 Å². The Kier molecular flexibility index (Phi) is 5.65. The van der Waals surface area contributed by atoms with Gasteiger partial charge in [-0.25, -0.2) is 5.48 Å². The molecule has 0 heterocycles. The summed E-state index contributed by atoms with van der Waals surface area (Å²) >= 11 is 0. The van der Waals surface area contributed by atoms with Gasteiger partial charge in [0, 0.05) is 0 Å². The van der Waals surface area contributed by atoms with E-state index in [9.17, 15) is 18.0 Å². The molecule has 4 nitrogen and oxygen atoms in total. The summed E-state index contributed by atoms with van der Waals surface area (Å²) in [6, 6.07) is 21.4. The second-order valence-electron chi connectivity index (χ2n) is 6.02. The van der Waals surface area contributed by atoms with E-state index in [0.717, 1.165) is 0 Å². The van der Waals surface area contributed by atoms with E-state index < -0.39 is 18.2 Å². The van der Waals surface area contributed by atoms with Crippen LogP contribution in [0.2, 0.25) is 0 Å². The summed E-state index contributed by atoms with van der Waals surface area (Å²) in [6.45, 7) is 0. The molecule has 2 N–H and O–H groups in total. The van der Waals surface area contributed by atoms with E-state index >= 15 is 0 Å². The van der Waals surface area contributed by atoms with E-state index in [0.29, 0.717) is 22.3 Å². The van der Waals surface area contributed by atoms with Gasteiger partial charge in [0.05, 0.1) is 5.92 Å². The van der Waals surface area contributed by atoms with Gasteiger partial charge in [0.25, 0.3) is 5.91 Å². The number of benzene rings is 3. The molecular weight excluding hydrogens is 371 g/mol. The van der Waals surface area contributed by atoms with Gasteiger partial charge in [-0.05, 0) is 34.4 Å². The lowest BCUT2D eigenvalue weighted by molar-refractivity contribution is -0.274. The molecule has 3 rings (SSSR count). The highest BCUT2D eigenvalue weighted by Gasteiger charge is 2.31. The van der Waals surface area contributed by atoms with Gasteiger partial charge < -0.3 is 4.74 Å². The van der Waals surface area contributed by atoms with Crippen LogP contribution in [0.5, 0.6) is 5.75 Å². The van der Waals surface area contributed by atoms with Crippen LogP contribution in [-0.2, 0) is 4.79 Å². The normalized spacial score (nSPS) is 12.3. The van der Waals surface area contributed by atoms with Crippen molar-refractivity contribution in [1.82, 2.24) is 5.48 Å². The first-order valence-corrected chi connectivity index (χ1v) is 8.32. The minimum absolute atomic E-state index is 0.311. The van der Waals surface area contributed by atoms with Crippen LogP contribution in [-0.4, -0.2) is 17.5 Å². The maximum Gasteiger partial charge on any atom is 0.573 e. The van der Waals surface area contributed by atoms with Crippen LogP contribution in [0.15, 0.2) is 78.9 Å². The molecule has 1 atom stereocenters. The monoisotopic (exact) mass is 387 g/mol. The minimum Gasteiger partial charge on any atom is -0.406 e. The van der Waals surface area contributed by atoms with Gasteiger partial charge in [0.1, 0.15) is 5.75 Å². The van der Waals surface area contributed by atoms with Crippen LogP contribution in [0.1, 0.15) is 17.0 Å². The Morgan fingerprint density at radius 2 is 1.50 bits per heavy atom. The molecule has 0 radical (unpaired) electrons. The van der Waals surface area contributed by atoms with E-state index in [1.54, 1.807) is 54.0 Å². The van der Waals surface area contributed by atoms with Crippen molar-refractivity contribution < 1.29 is 27.9 Å². The lowest BCUT2D eigenvalue weighted by atomic mass is 9.89. The fourth-order valence-electron chi connectivity index (χ4n) is 2.95. The predicted molar refractivity (Wildman–Crippen MR) is 96.8 cm³/mol. The SMILES string of the molecule is O=C(NO)C(c1ccccc1)c1cccc(-c2ccc(OC(F)(F)F)cc2)c1. The summed E-state index contributed by atoms with van der Waals surface area (Å²) in [5, 5.41) is 9.13. The summed E-state index contributed by atoms with van der Waals surface area (Å²) < 4.78 is 40.8. The van der Waals surface area contributed by atoms with E-state index in [1.165, 1.54) is 24.3 Å². The molecule has 3 aromatic rings. The quantitative estimate of drug-likeness (QED) is 0.484. The molecule has 0 aliphatic rings. The Morgan fingerprint density at radius 3 is 2.11 bits per heavy atom. The van der Waals surface area contributed by atoms with Crippen LogP contribution in [0.4, 0.5) is 13.2 Å². The van der Waals surface area contributed by atoms with Crippen molar-refractivity contribution in [1.29, 1.82) is 0 Å². The second-order valence-corrected chi connectivity index (χ2v) is 6.02. The lowest BCUT2D eigenvalue weighted by Crippen LogP contribution is -2.27. The highest BCUT2D eigenvalue weighted by molar-refractivity contribution is 5.86. The average Bonchev–Trinajstić information content (AvgIpc) is 2.68. The number of hydrogen-bond donors (Lipinski definition) is 2. The standard InChI is InChI=1S/C21H16F3NO3/c22-21(23,24)28-18-11-9-14(10-12-18)16-7-4-8-17(13-16)19(20(26)25-27)15-5-2-1-3-6-15/h1-13,19,27H,(H,25,26). The summed E-state index contributed by atoms with van der Waals surface area (Å²) in [4.78, 5) is 12.3. The highest BCUT2D eigenvalue weighted by atomic mass is 19.4. The Bertz CT molecular complexity index is 941. The number of hydrogen-bond acceptors (Lipinski definition) is 3. The zero-order chi connectivity index (χ0) is 20.1. The molecule has 3 aromatic carbocycles. The number of carbonyl (C=O) groups is 1. The number of halogens is 3. The third-order valence-electron chi connectivity index (χ3n) is 4.15. The smallest absolute Gasteiger partial charge is 0.406 e. The minimum atomic E-state index is -4.75. The number of amides is 1. The molecular formula is C21H16F3NO3. The van der Waals surface area contributed by atoms with Gasteiger partial charge in [0.15, 0.2) is 0 Å². The first-order chi connectivity index (χ1) is 13.4. The molecule has 0 aliphatic carbocycles. The molecule has 7 heteroatoms. The van der Waals surface area contributed by atoms with Crippen molar-refractivity contribution >= 4 is 5.91 Å². The molecule has 0 fully saturated rings. The zero-order valence-corrected chi connectivity index (χ0v) is 14.5. The number of carbonyl (C=O) groups excluding carboxylic acids is 1. The molecule has 0 bridgehead atoms. The fourth-order valence-corrected chi connectivity index (χ4v) is 2.95. The van der Waals surface area contributed by atoms with Crippen molar-refractivity contribution in [3.63, 3.8) is 0 Å². The van der Waals surface area contributed by atoms with Crippen LogP contribution < -0.4 is 10.2 Å². The highest BCUT2D eigenvalue weighted by Crippen LogP contribution is 2.30. The molecule has 144 valence electrons. The Labute approximate surface area is 159 Å². The number of alkyl halides is 3. The molecule has 0 spiro atoms. The molecule has 0 saturated carbocycles. The van der Waals surface area contributed by atoms with Crippen LogP contribution in [0.25, 0.3) is 11.1 Å². The number of rotatable bonds is 5. The van der Waals surface area contributed by atoms with Crippen molar-refractivity contribution in [2.75, 3.05) is 0 Å². The third kappa shape index (κ3) is 4.69. The number of ether oxygens (including phenoxy) is 1. The van der Waals surface area contributed by atoms with Gasteiger partial charge >= 0.3 is 6.36 Å². The van der Waals surface area contributed by atoms with Crippen LogP contribution in [0.3, 0.4) is 0 Å². The third-order valence-corrected chi connectivity index (χ3v) is 4.15. The largest absolute Gasteiger partial charge is 0.573 e. The van der Waals surface area contributed by atoms with Gasteiger partial charge in [-0.15, -0.1) is 13.2 Å². The average molecular weight is 387 g/mol. The maximum atomic E-state index is 12.3. The summed E-state index contributed by atoms with van der Waals surface area (Å²) in [5.41, 5.74) is 4.38. The Hall–Kier alpha value is -3.32. The molecule has 1 amide bonds. The van der Waals surface area contributed by atoms with Crippen LogP contribution in [0, 0.1) is 0 Å². The van der Waals surface area contributed by atoms with Crippen molar-refractivity contribution in [3.05, 3.63) is 90.0 Å². The lowest BCUT2D eigenvalue weighted by Gasteiger charge is -2.17. The molecule has 0 saturated heterocycles. The molecule has 1 unspecified atom stereocenters. The van der Waals surface area contributed by atoms with Crippen molar-refractivity contribution in [3.8, 4) is 16.9 Å². The Balaban J connectivity index is 1.93. The second kappa shape index (κ2) is 8.14. The van der Waals surface area contributed by atoms with Crippen LogP contribution >= 0.6 is 0 Å². The fraction of sp³-hybridized carbons (Fsp3) is 0.0952. The number of nitrogens with one attached hydrogen (secondary N) is 1. The molecule has 0 aliphatic heterocycles. The summed E-state index contributed by atoms with van der Waals surface area (Å²) in [5.74, 6) is -1.63. The van der Waals surface area contributed by atoms with E-state index in [4.69, 9.17) is 5.21 Å². The summed E-state index contributed by atoms with van der Waals surface area (Å²) in [6.07, 6.45) is -4.75. The van der Waals surface area contributed by atoms with E-state index in [-0.39, 0.29) is 5.75 Å². The number of hydroxylamine groups is 1. The maximum absolute atomic E-state index is 12.3. The van der Waals surface area contributed by atoms with Crippen molar-refractivity contribution in [2.24, 2.45) is 0 Å². The van der Waals surface area contributed by atoms with Crippen molar-refractivity contribution in [2.45, 2.75) is 12.3 Å². The summed E-state index contributed by atoms with van der Waals surface area (Å²) in [7, 11) is 0. The predicted octanol–water partition coefficient (Wildman–Crippen LogP) is 4.89. The zero-order valence-electron chi connectivity index (χ0n) is 14.5. The van der Waals surface area contributed by atoms with Gasteiger partial charge in [-0.1, -0.05) is 66.7 Å². The van der Waals surface area contributed by atoms with Gasteiger partial charge in [0.2, 0.25) is 0 Å². The first-order valence-electron chi connectivity index (χ1n) is 8.32. The van der Waals surface area contributed by atoms with E-state index in [1.807, 2.05) is 6.07 Å². The Morgan fingerprint density at radius 1 is 0.857 bits per heavy atom. The van der Waals surface area contributed by atoms with Gasteiger partial charge in [-0.2, -0.15) is 0 Å².